The number of anilines is 2. The lowest BCUT2D eigenvalue weighted by molar-refractivity contribution is 0.122. The Labute approximate surface area is 209 Å². The lowest BCUT2D eigenvalue weighted by Gasteiger charge is -2.28. The molecule has 1 fully saturated rings. The monoisotopic (exact) mass is 488 g/mol. The fourth-order valence-corrected chi connectivity index (χ4v) is 4.14. The van der Waals surface area contributed by atoms with Crippen LogP contribution >= 0.6 is 0 Å². The summed E-state index contributed by atoms with van der Waals surface area (Å²) in [5, 5.41) is 26.6. The van der Waals surface area contributed by atoms with Gasteiger partial charge in [-0.3, -0.25) is 11.1 Å². The summed E-state index contributed by atoms with van der Waals surface area (Å²) in [7, 11) is 1.50. The van der Waals surface area contributed by atoms with Crippen molar-refractivity contribution in [3.63, 3.8) is 0 Å². The van der Waals surface area contributed by atoms with Gasteiger partial charge < -0.3 is 24.8 Å². The molecule has 2 aromatic heterocycles. The minimum atomic E-state index is -0.847. The minimum Gasteiger partial charge on any atom is -0.493 e. The van der Waals surface area contributed by atoms with E-state index in [1.165, 1.54) is 7.11 Å². The Kier molecular flexibility index (Phi) is 7.28. The van der Waals surface area contributed by atoms with E-state index in [-0.39, 0.29) is 5.71 Å². The Bertz CT molecular complexity index is 1310. The molecule has 11 heteroatoms. The fourth-order valence-electron chi connectivity index (χ4n) is 4.14. The van der Waals surface area contributed by atoms with Gasteiger partial charge in [-0.05, 0) is 31.5 Å². The average Bonchev–Trinajstić information content (AvgIpc) is 2.89. The van der Waals surface area contributed by atoms with Crippen LogP contribution in [-0.2, 0) is 4.74 Å². The summed E-state index contributed by atoms with van der Waals surface area (Å²) in [6, 6.07) is 7.03. The smallest absolute Gasteiger partial charge is 0.176 e. The van der Waals surface area contributed by atoms with Gasteiger partial charge in [0.2, 0.25) is 0 Å². The number of methoxy groups -OCH3 is 1. The van der Waals surface area contributed by atoms with E-state index in [1.54, 1.807) is 37.5 Å². The van der Waals surface area contributed by atoms with Crippen LogP contribution in [0.2, 0.25) is 0 Å². The number of nitriles is 1. The van der Waals surface area contributed by atoms with Crippen molar-refractivity contribution in [1.82, 2.24) is 15.2 Å². The number of aryl methyl sites for hydroxylation is 2. The maximum atomic E-state index is 9.74. The maximum Gasteiger partial charge on any atom is 0.176 e. The number of hydrogen-bond donors (Lipinski definition) is 3. The number of nitrogens with zero attached hydrogens (tertiary/aromatic N) is 5. The van der Waals surface area contributed by atoms with E-state index in [1.807, 2.05) is 11.8 Å². The molecule has 1 saturated heterocycles. The van der Waals surface area contributed by atoms with Crippen molar-refractivity contribution >= 4 is 17.2 Å². The summed E-state index contributed by atoms with van der Waals surface area (Å²) in [5.74, 6) is 1.26. The molecule has 186 valence electrons. The molecule has 36 heavy (non-hydrogen) atoms. The van der Waals surface area contributed by atoms with Crippen LogP contribution < -0.4 is 25.8 Å². The Hall–Kier alpha value is -4.27. The third-order valence-corrected chi connectivity index (χ3v) is 6.00. The van der Waals surface area contributed by atoms with Crippen molar-refractivity contribution in [3.8, 4) is 17.6 Å². The highest BCUT2D eigenvalue weighted by Crippen LogP contribution is 2.36. The van der Waals surface area contributed by atoms with Crippen molar-refractivity contribution in [3.05, 3.63) is 64.1 Å². The zero-order valence-corrected chi connectivity index (χ0v) is 20.4. The molecular formula is C25H28N8O3. The van der Waals surface area contributed by atoms with Crippen molar-refractivity contribution < 1.29 is 14.2 Å². The van der Waals surface area contributed by atoms with Gasteiger partial charge in [-0.1, -0.05) is 0 Å². The lowest BCUT2D eigenvalue weighted by Crippen LogP contribution is -2.37. The second-order valence-electron chi connectivity index (χ2n) is 8.34. The molecular weight excluding hydrogens is 460 g/mol. The third-order valence-electron chi connectivity index (χ3n) is 6.00. The summed E-state index contributed by atoms with van der Waals surface area (Å²) in [6.45, 7) is 6.13. The Morgan fingerprint density at radius 2 is 1.94 bits per heavy atom. The standard InChI is InChI=1S/C25H28N8O3/c1-14-12-31-32-15(2)22(14)24(29)36-21-9-18(19(27)10-20(21)34-3)23(28)17-8-16(11-26)25(30-13-17)33-4-6-35-7-5-33/h8-10,12-13,24,28H,4-7,27,29H2,1-3H3/t24-/m0/s1. The van der Waals surface area contributed by atoms with Crippen LogP contribution in [0.5, 0.6) is 11.5 Å². The number of ether oxygens (including phenoxy) is 3. The summed E-state index contributed by atoms with van der Waals surface area (Å²) in [4.78, 5) is 6.49. The van der Waals surface area contributed by atoms with Gasteiger partial charge >= 0.3 is 0 Å². The zero-order chi connectivity index (χ0) is 25.8. The van der Waals surface area contributed by atoms with E-state index in [0.29, 0.717) is 77.3 Å². The Balaban J connectivity index is 1.67. The van der Waals surface area contributed by atoms with Gasteiger partial charge in [0.15, 0.2) is 17.7 Å². The van der Waals surface area contributed by atoms with Crippen molar-refractivity contribution in [2.75, 3.05) is 44.0 Å². The van der Waals surface area contributed by atoms with Gasteiger partial charge in [0, 0.05) is 47.7 Å². The molecule has 0 bridgehead atoms. The summed E-state index contributed by atoms with van der Waals surface area (Å²) in [5.41, 5.74) is 16.5. The summed E-state index contributed by atoms with van der Waals surface area (Å²) in [6.07, 6.45) is 2.34. The van der Waals surface area contributed by atoms with Crippen molar-refractivity contribution in [2.24, 2.45) is 5.73 Å². The highest BCUT2D eigenvalue weighted by molar-refractivity contribution is 6.14. The largest absolute Gasteiger partial charge is 0.493 e. The quantitative estimate of drug-likeness (QED) is 0.255. The molecule has 4 rings (SSSR count). The number of nitrogens with two attached hydrogens (primary N) is 2. The molecule has 0 radical (unpaired) electrons. The van der Waals surface area contributed by atoms with Crippen molar-refractivity contribution in [1.29, 1.82) is 10.7 Å². The number of aromatic nitrogens is 3. The molecule has 1 aliphatic heterocycles. The van der Waals surface area contributed by atoms with Crippen LogP contribution in [0.1, 0.15) is 39.7 Å². The number of nitrogens with one attached hydrogen (secondary N) is 1. The molecule has 0 saturated carbocycles. The van der Waals surface area contributed by atoms with Crippen LogP contribution in [-0.4, -0.2) is 54.3 Å². The second kappa shape index (κ2) is 10.6. The molecule has 1 aliphatic rings. The van der Waals surface area contributed by atoms with Gasteiger partial charge in [0.25, 0.3) is 0 Å². The number of pyridine rings is 1. The average molecular weight is 489 g/mol. The first kappa shape index (κ1) is 24.8. The lowest BCUT2D eigenvalue weighted by atomic mass is 10.00. The van der Waals surface area contributed by atoms with Crippen LogP contribution in [0, 0.1) is 30.6 Å². The topological polar surface area (TPSA) is 169 Å². The molecule has 0 aliphatic carbocycles. The van der Waals surface area contributed by atoms with Crippen molar-refractivity contribution in [2.45, 2.75) is 20.1 Å². The van der Waals surface area contributed by atoms with E-state index >= 15 is 0 Å². The first-order valence-corrected chi connectivity index (χ1v) is 11.3. The van der Waals surface area contributed by atoms with E-state index in [4.69, 9.17) is 31.1 Å². The van der Waals surface area contributed by atoms with E-state index in [2.05, 4.69) is 21.3 Å². The molecule has 1 aromatic carbocycles. The minimum absolute atomic E-state index is 0.0871. The van der Waals surface area contributed by atoms with Gasteiger partial charge in [-0.2, -0.15) is 15.5 Å². The van der Waals surface area contributed by atoms with E-state index < -0.39 is 6.23 Å². The SMILES string of the molecule is COc1cc(N)c(C(=N)c2cnc(N3CCOCC3)c(C#N)c2)cc1O[C@H](N)c1c(C)cnnc1C. The van der Waals surface area contributed by atoms with Gasteiger partial charge in [-0.25, -0.2) is 4.98 Å². The Morgan fingerprint density at radius 1 is 1.19 bits per heavy atom. The normalized spacial score (nSPS) is 14.1. The highest BCUT2D eigenvalue weighted by atomic mass is 16.5. The maximum absolute atomic E-state index is 9.74. The first-order valence-electron chi connectivity index (χ1n) is 11.3. The van der Waals surface area contributed by atoms with Gasteiger partial charge in [0.1, 0.15) is 11.9 Å². The number of benzene rings is 1. The number of nitrogen functional groups attached to an aromatic ring is 1. The van der Waals surface area contributed by atoms with Crippen LogP contribution in [0.4, 0.5) is 11.5 Å². The summed E-state index contributed by atoms with van der Waals surface area (Å²) >= 11 is 0. The molecule has 11 nitrogen and oxygen atoms in total. The van der Waals surface area contributed by atoms with Crippen LogP contribution in [0.25, 0.3) is 0 Å². The predicted molar refractivity (Wildman–Crippen MR) is 134 cm³/mol. The molecule has 0 amide bonds. The zero-order valence-electron chi connectivity index (χ0n) is 20.4. The highest BCUT2D eigenvalue weighted by Gasteiger charge is 2.22. The number of hydrogen-bond acceptors (Lipinski definition) is 11. The number of rotatable bonds is 7. The molecule has 3 aromatic rings. The van der Waals surface area contributed by atoms with Crippen LogP contribution in [0.15, 0.2) is 30.6 Å². The Morgan fingerprint density at radius 3 is 2.61 bits per heavy atom. The van der Waals surface area contributed by atoms with Gasteiger partial charge in [-0.15, -0.1) is 0 Å². The fraction of sp³-hybridized carbons (Fsp3) is 0.320. The molecule has 5 N–H and O–H groups in total. The second-order valence-corrected chi connectivity index (χ2v) is 8.34. The third kappa shape index (κ3) is 4.91. The molecule has 1 atom stereocenters. The van der Waals surface area contributed by atoms with Gasteiger partial charge in [0.05, 0.1) is 43.5 Å². The first-order chi connectivity index (χ1) is 17.3. The summed E-state index contributed by atoms with van der Waals surface area (Å²) < 4.78 is 16.9. The predicted octanol–water partition coefficient (Wildman–Crippen LogP) is 2.24. The number of morpholine rings is 1. The molecule has 3 heterocycles. The van der Waals surface area contributed by atoms with E-state index in [9.17, 15) is 5.26 Å². The van der Waals surface area contributed by atoms with Crippen LogP contribution in [0.3, 0.4) is 0 Å². The van der Waals surface area contributed by atoms with E-state index in [0.717, 1.165) is 5.56 Å². The molecule has 0 unspecified atom stereocenters. The molecule has 0 spiro atoms.